The van der Waals surface area contributed by atoms with Crippen LogP contribution >= 0.6 is 0 Å². The van der Waals surface area contributed by atoms with Crippen LogP contribution in [0.1, 0.15) is 0 Å². The molecule has 0 saturated heterocycles. The molecule has 0 nitrogen and oxygen atoms in total. The first-order valence-electron chi connectivity index (χ1n) is 1.50. The molecule has 0 spiro atoms. The molecular weight excluding hydrogens is 178 g/mol. The molecule has 0 aromatic heterocycles. The van der Waals surface area contributed by atoms with E-state index >= 15 is 0 Å². The first kappa shape index (κ1) is 9.93. The van der Waals surface area contributed by atoms with Crippen molar-refractivity contribution >= 4 is 19.8 Å². The van der Waals surface area contributed by atoms with E-state index in [2.05, 4.69) is 14.8 Å². The van der Waals surface area contributed by atoms with E-state index in [-0.39, 0.29) is 29.6 Å². The molecule has 0 aliphatic rings. The summed E-state index contributed by atoms with van der Waals surface area (Å²) in [6.07, 6.45) is 0. The van der Waals surface area contributed by atoms with Gasteiger partial charge < -0.3 is 0 Å². The Morgan fingerprint density at radius 1 is 1.00 bits per heavy atom. The van der Waals surface area contributed by atoms with Gasteiger partial charge in [0.15, 0.2) is 0 Å². The third-order valence-electron chi connectivity index (χ3n) is 0. The Morgan fingerprint density at radius 3 is 1.00 bits per heavy atom. The van der Waals surface area contributed by atoms with Gasteiger partial charge in [0, 0.05) is 0 Å². The smallest absolute Gasteiger partial charge is 1.00 e. The third kappa shape index (κ3) is 25.9. The molecule has 0 radical (unpaired) electrons. The summed E-state index contributed by atoms with van der Waals surface area (Å²) in [5.74, 6) is 0. The van der Waals surface area contributed by atoms with E-state index in [1.54, 1.807) is 0 Å². The van der Waals surface area contributed by atoms with Crippen molar-refractivity contribution in [3.8, 4) is 0 Å². The van der Waals surface area contributed by atoms with E-state index < -0.39 is 19.8 Å². The first-order valence-corrected chi connectivity index (χ1v) is 10.1. The van der Waals surface area contributed by atoms with Crippen LogP contribution in [0.15, 0.2) is 0 Å². The van der Waals surface area contributed by atoms with Crippen molar-refractivity contribution in [2.24, 2.45) is 0 Å². The van der Waals surface area contributed by atoms with Crippen molar-refractivity contribution in [2.45, 2.75) is 14.8 Å². The summed E-state index contributed by atoms with van der Waals surface area (Å²) >= 11 is -0.543. The summed E-state index contributed by atoms with van der Waals surface area (Å²) in [7, 11) is 0. The monoisotopic (exact) mass is 188 g/mol. The minimum Gasteiger partial charge on any atom is 1.00 e. The fraction of sp³-hybridized carbons (Fsp3) is 1.00. The van der Waals surface area contributed by atoms with Crippen LogP contribution in [0, 0.1) is 0 Å². The molecule has 0 aromatic carbocycles. The van der Waals surface area contributed by atoms with Crippen molar-refractivity contribution < 1.29 is 29.6 Å². The molecule has 5 heavy (non-hydrogen) atoms. The maximum absolute atomic E-state index is 2.36. The average Bonchev–Trinajstić information content (AvgIpc) is 0.811. The molecular formula is C3H9NaSn. The minimum atomic E-state index is -0.543. The van der Waals surface area contributed by atoms with Gasteiger partial charge >= 0.3 is 64.1 Å². The molecule has 0 saturated carbocycles. The van der Waals surface area contributed by atoms with Crippen LogP contribution in [0.3, 0.4) is 0 Å². The van der Waals surface area contributed by atoms with Crippen LogP contribution in [0.4, 0.5) is 0 Å². The second-order valence-corrected chi connectivity index (χ2v) is 10.1. The van der Waals surface area contributed by atoms with Crippen LogP contribution in [0.2, 0.25) is 14.8 Å². The quantitative estimate of drug-likeness (QED) is 0.399. The van der Waals surface area contributed by atoms with E-state index in [9.17, 15) is 0 Å². The van der Waals surface area contributed by atoms with Gasteiger partial charge in [-0.1, -0.05) is 0 Å². The second kappa shape index (κ2) is 5.80. The molecule has 0 bridgehead atoms. The summed E-state index contributed by atoms with van der Waals surface area (Å²) < 4.78 is 0. The second-order valence-electron chi connectivity index (χ2n) is 1.50. The van der Waals surface area contributed by atoms with E-state index in [4.69, 9.17) is 0 Å². The van der Waals surface area contributed by atoms with Crippen LogP contribution in [-0.4, -0.2) is 19.8 Å². The van der Waals surface area contributed by atoms with Gasteiger partial charge in [0.1, 0.15) is 0 Å². The Bertz CT molecular complexity index is 11.6. The molecule has 0 fully saturated rings. The zero-order valence-corrected chi connectivity index (χ0v) is 9.35. The average molecular weight is 187 g/mol. The minimum absolute atomic E-state index is 0. The molecule has 0 unspecified atom stereocenters. The van der Waals surface area contributed by atoms with Gasteiger partial charge in [0.25, 0.3) is 0 Å². The Hall–Kier alpha value is 1.80. The standard InChI is InChI=1S/3CH3.Na.Sn/h3*1H3;;/q;;;+1;-1. The molecule has 0 heterocycles. The van der Waals surface area contributed by atoms with Gasteiger partial charge in [-0.05, 0) is 0 Å². The summed E-state index contributed by atoms with van der Waals surface area (Å²) in [5.41, 5.74) is 0. The molecule has 2 heteroatoms. The van der Waals surface area contributed by atoms with Gasteiger partial charge in [0.05, 0.1) is 0 Å². The number of rotatable bonds is 0. The van der Waals surface area contributed by atoms with E-state index in [0.717, 1.165) is 0 Å². The third-order valence-corrected chi connectivity index (χ3v) is 0. The van der Waals surface area contributed by atoms with Crippen molar-refractivity contribution in [3.63, 3.8) is 0 Å². The van der Waals surface area contributed by atoms with Crippen molar-refractivity contribution in [3.05, 3.63) is 0 Å². The summed E-state index contributed by atoms with van der Waals surface area (Å²) in [6.45, 7) is 0. The van der Waals surface area contributed by atoms with Crippen LogP contribution in [0.5, 0.6) is 0 Å². The molecule has 0 aliphatic carbocycles. The zero-order chi connectivity index (χ0) is 3.58. The number of hydrogen-bond donors (Lipinski definition) is 0. The van der Waals surface area contributed by atoms with Crippen molar-refractivity contribution in [1.82, 2.24) is 0 Å². The van der Waals surface area contributed by atoms with Crippen molar-refractivity contribution in [1.29, 1.82) is 0 Å². The van der Waals surface area contributed by atoms with Crippen LogP contribution in [-0.2, 0) is 0 Å². The predicted molar refractivity (Wildman–Crippen MR) is 23.3 cm³/mol. The zero-order valence-electron chi connectivity index (χ0n) is 4.50. The summed E-state index contributed by atoms with van der Waals surface area (Å²) in [5, 5.41) is 0. The van der Waals surface area contributed by atoms with Crippen LogP contribution < -0.4 is 29.6 Å². The molecule has 0 aliphatic heterocycles. The van der Waals surface area contributed by atoms with Gasteiger partial charge in [0.2, 0.25) is 0 Å². The molecule has 0 atom stereocenters. The van der Waals surface area contributed by atoms with Gasteiger partial charge in [-0.3, -0.25) is 0 Å². The molecule has 0 amide bonds. The topological polar surface area (TPSA) is 0 Å². The number of hydrogen-bond acceptors (Lipinski definition) is 0. The van der Waals surface area contributed by atoms with Gasteiger partial charge in [-0.25, -0.2) is 0 Å². The maximum Gasteiger partial charge on any atom is 1.00 e. The summed E-state index contributed by atoms with van der Waals surface area (Å²) in [6, 6.07) is 0. The fourth-order valence-electron chi connectivity index (χ4n) is 0. The molecule has 0 rings (SSSR count). The first-order chi connectivity index (χ1) is 1.73. The summed E-state index contributed by atoms with van der Waals surface area (Å²) in [4.78, 5) is 7.09. The van der Waals surface area contributed by atoms with Gasteiger partial charge in [-0.15, -0.1) is 0 Å². The molecule has 0 N–H and O–H groups in total. The van der Waals surface area contributed by atoms with E-state index in [1.807, 2.05) is 0 Å². The van der Waals surface area contributed by atoms with Gasteiger partial charge in [-0.2, -0.15) is 0 Å². The van der Waals surface area contributed by atoms with E-state index in [1.165, 1.54) is 0 Å². The Kier molecular flexibility index (Phi) is 11.5. The van der Waals surface area contributed by atoms with E-state index in [0.29, 0.717) is 0 Å². The fourth-order valence-corrected chi connectivity index (χ4v) is 0. The Labute approximate surface area is 63.4 Å². The maximum atomic E-state index is 2.36. The SMILES string of the molecule is [CH3][Sn-]([CH3])[CH3].[Na+]. The van der Waals surface area contributed by atoms with Crippen molar-refractivity contribution in [2.75, 3.05) is 0 Å². The Morgan fingerprint density at radius 2 is 1.00 bits per heavy atom. The predicted octanol–water partition coefficient (Wildman–Crippen LogP) is -1.63. The molecule has 0 aromatic rings. The molecule has 26 valence electrons. The normalized spacial score (nSPS) is 7.20. The largest absolute Gasteiger partial charge is 1.00 e. The van der Waals surface area contributed by atoms with Crippen LogP contribution in [0.25, 0.3) is 0 Å². The Balaban J connectivity index is 0.